The Balaban J connectivity index is 2.89. The third-order valence-electron chi connectivity index (χ3n) is 1.56. The van der Waals surface area contributed by atoms with Gasteiger partial charge in [-0.3, -0.25) is 0 Å². The van der Waals surface area contributed by atoms with Gasteiger partial charge < -0.3 is 5.73 Å². The number of hydrogen-bond acceptors (Lipinski definition) is 2. The van der Waals surface area contributed by atoms with Crippen molar-refractivity contribution in [1.29, 1.82) is 0 Å². The minimum absolute atomic E-state index is 0.482. The van der Waals surface area contributed by atoms with E-state index >= 15 is 0 Å². The second kappa shape index (κ2) is 4.48. The second-order valence-corrected chi connectivity index (χ2v) is 4.16. The molecule has 0 amide bonds. The molecule has 2 N–H and O–H groups in total. The van der Waals surface area contributed by atoms with Crippen LogP contribution in [-0.4, -0.2) is 4.32 Å². The molecule has 1 nitrogen and oxygen atoms in total. The van der Waals surface area contributed by atoms with Gasteiger partial charge in [0.2, 0.25) is 0 Å². The van der Waals surface area contributed by atoms with Gasteiger partial charge in [0.05, 0.1) is 0 Å². The fraction of sp³-hybridized carbons (Fsp3) is 0.222. The first-order valence-corrected chi connectivity index (χ1v) is 5.01. The zero-order chi connectivity index (χ0) is 8.97. The van der Waals surface area contributed by atoms with E-state index in [1.165, 1.54) is 22.2 Å². The van der Waals surface area contributed by atoms with Crippen molar-refractivity contribution in [2.75, 3.05) is 0 Å². The van der Waals surface area contributed by atoms with Crippen LogP contribution in [0.2, 0.25) is 0 Å². The van der Waals surface area contributed by atoms with E-state index in [2.05, 4.69) is 13.0 Å². The molecule has 0 saturated carbocycles. The first-order valence-electron chi connectivity index (χ1n) is 3.79. The molecular formula is C9H11NS2. The Morgan fingerprint density at radius 2 is 2.17 bits per heavy atom. The second-order valence-electron chi connectivity index (χ2n) is 2.38. The lowest BCUT2D eigenvalue weighted by Crippen LogP contribution is -2.01. The maximum atomic E-state index is 5.44. The van der Waals surface area contributed by atoms with Crippen LogP contribution in [0, 0.1) is 0 Å². The van der Waals surface area contributed by atoms with Crippen molar-refractivity contribution in [1.82, 2.24) is 0 Å². The third-order valence-corrected chi connectivity index (χ3v) is 2.63. The zero-order valence-electron chi connectivity index (χ0n) is 6.91. The minimum atomic E-state index is 0.482. The van der Waals surface area contributed by atoms with Crippen LogP contribution in [0.25, 0.3) is 0 Å². The van der Waals surface area contributed by atoms with E-state index in [4.69, 9.17) is 18.0 Å². The summed E-state index contributed by atoms with van der Waals surface area (Å²) in [6.07, 6.45) is 1.02. The number of aryl methyl sites for hydroxylation is 1. The number of nitrogens with two attached hydrogens (primary N) is 1. The van der Waals surface area contributed by atoms with Gasteiger partial charge in [-0.2, -0.15) is 0 Å². The highest BCUT2D eigenvalue weighted by molar-refractivity contribution is 8.23. The van der Waals surface area contributed by atoms with Crippen LogP contribution in [0.5, 0.6) is 0 Å². The Bertz CT molecular complexity index is 284. The molecule has 0 aliphatic carbocycles. The Hall–Kier alpha value is -0.540. The Kier molecular flexibility index (Phi) is 3.56. The van der Waals surface area contributed by atoms with Crippen LogP contribution in [0.15, 0.2) is 29.2 Å². The molecule has 0 aliphatic heterocycles. The van der Waals surface area contributed by atoms with E-state index in [0.717, 1.165) is 6.42 Å². The van der Waals surface area contributed by atoms with Gasteiger partial charge in [0.25, 0.3) is 0 Å². The van der Waals surface area contributed by atoms with Gasteiger partial charge in [0.1, 0.15) is 4.32 Å². The van der Waals surface area contributed by atoms with Gasteiger partial charge in [-0.25, -0.2) is 0 Å². The van der Waals surface area contributed by atoms with Crippen LogP contribution >= 0.6 is 24.0 Å². The van der Waals surface area contributed by atoms with E-state index in [1.54, 1.807) is 0 Å². The first-order chi connectivity index (χ1) is 5.74. The normalized spacial score (nSPS) is 9.75. The van der Waals surface area contributed by atoms with Crippen molar-refractivity contribution >= 4 is 28.3 Å². The molecule has 12 heavy (non-hydrogen) atoms. The maximum absolute atomic E-state index is 5.44. The van der Waals surface area contributed by atoms with Gasteiger partial charge in [-0.05, 0) is 18.1 Å². The van der Waals surface area contributed by atoms with E-state index < -0.39 is 0 Å². The van der Waals surface area contributed by atoms with Crippen molar-refractivity contribution in [3.05, 3.63) is 29.8 Å². The Labute approximate surface area is 82.3 Å². The van der Waals surface area contributed by atoms with Gasteiger partial charge in [0.15, 0.2) is 0 Å². The van der Waals surface area contributed by atoms with Gasteiger partial charge in [0, 0.05) is 4.90 Å². The van der Waals surface area contributed by atoms with E-state index in [9.17, 15) is 0 Å². The highest BCUT2D eigenvalue weighted by Gasteiger charge is 2.00. The standard InChI is InChI=1S/C9H11NS2/c1-2-7-5-3-4-6-8(7)12-9(10)11/h3-6H,2H2,1H3,(H2,10,11). The summed E-state index contributed by atoms with van der Waals surface area (Å²) in [5.74, 6) is 0. The van der Waals surface area contributed by atoms with Gasteiger partial charge in [-0.1, -0.05) is 49.1 Å². The van der Waals surface area contributed by atoms with Crippen molar-refractivity contribution in [3.63, 3.8) is 0 Å². The summed E-state index contributed by atoms with van der Waals surface area (Å²) in [5, 5.41) is 0. The number of thiocarbonyl (C=S) groups is 1. The molecule has 0 aliphatic rings. The number of thioether (sulfide) groups is 1. The summed E-state index contributed by atoms with van der Waals surface area (Å²) in [6, 6.07) is 8.17. The van der Waals surface area contributed by atoms with Crippen molar-refractivity contribution in [2.24, 2.45) is 5.73 Å². The lowest BCUT2D eigenvalue weighted by Gasteiger charge is -2.04. The smallest absolute Gasteiger partial charge is 0.136 e. The van der Waals surface area contributed by atoms with Crippen molar-refractivity contribution in [2.45, 2.75) is 18.2 Å². The highest BCUT2D eigenvalue weighted by atomic mass is 32.2. The summed E-state index contributed by atoms with van der Waals surface area (Å²) in [6.45, 7) is 2.12. The molecule has 64 valence electrons. The predicted octanol–water partition coefficient (Wildman–Crippen LogP) is 2.58. The van der Waals surface area contributed by atoms with E-state index in [-0.39, 0.29) is 0 Å². The average Bonchev–Trinajstić information content (AvgIpc) is 2.04. The summed E-state index contributed by atoms with van der Waals surface area (Å²) in [4.78, 5) is 1.17. The summed E-state index contributed by atoms with van der Waals surface area (Å²) in [5.41, 5.74) is 6.74. The lowest BCUT2D eigenvalue weighted by molar-refractivity contribution is 1.08. The molecule has 0 bridgehead atoms. The molecule has 0 spiro atoms. The Morgan fingerprint density at radius 3 is 2.75 bits per heavy atom. The molecule has 0 atom stereocenters. The first kappa shape index (κ1) is 9.55. The number of rotatable bonds is 2. The fourth-order valence-corrected chi connectivity index (χ4v) is 1.98. The molecule has 0 aromatic heterocycles. The van der Waals surface area contributed by atoms with Gasteiger partial charge >= 0.3 is 0 Å². The predicted molar refractivity (Wildman–Crippen MR) is 58.5 cm³/mol. The lowest BCUT2D eigenvalue weighted by atomic mass is 10.2. The molecular weight excluding hydrogens is 186 g/mol. The van der Waals surface area contributed by atoms with Crippen LogP contribution < -0.4 is 5.73 Å². The largest absolute Gasteiger partial charge is 0.384 e. The molecule has 0 saturated heterocycles. The van der Waals surface area contributed by atoms with Crippen LogP contribution in [0.3, 0.4) is 0 Å². The van der Waals surface area contributed by atoms with Gasteiger partial charge in [-0.15, -0.1) is 0 Å². The van der Waals surface area contributed by atoms with Crippen molar-refractivity contribution in [3.8, 4) is 0 Å². The molecule has 1 aromatic carbocycles. The van der Waals surface area contributed by atoms with Crippen LogP contribution in [-0.2, 0) is 6.42 Å². The molecule has 0 fully saturated rings. The fourth-order valence-electron chi connectivity index (χ4n) is 1.00. The Morgan fingerprint density at radius 1 is 1.50 bits per heavy atom. The summed E-state index contributed by atoms with van der Waals surface area (Å²) < 4.78 is 0.482. The van der Waals surface area contributed by atoms with E-state index in [1.807, 2.05) is 18.2 Å². The molecule has 0 unspecified atom stereocenters. The number of benzene rings is 1. The summed E-state index contributed by atoms with van der Waals surface area (Å²) in [7, 11) is 0. The molecule has 0 radical (unpaired) electrons. The maximum Gasteiger partial charge on any atom is 0.136 e. The molecule has 0 heterocycles. The SMILES string of the molecule is CCc1ccccc1SC(N)=S. The monoisotopic (exact) mass is 197 g/mol. The minimum Gasteiger partial charge on any atom is -0.384 e. The van der Waals surface area contributed by atoms with Crippen molar-refractivity contribution < 1.29 is 0 Å². The van der Waals surface area contributed by atoms with Crippen LogP contribution in [0.4, 0.5) is 0 Å². The molecule has 1 rings (SSSR count). The van der Waals surface area contributed by atoms with Crippen LogP contribution in [0.1, 0.15) is 12.5 Å². The zero-order valence-corrected chi connectivity index (χ0v) is 8.54. The topological polar surface area (TPSA) is 26.0 Å². The number of hydrogen-bond donors (Lipinski definition) is 1. The third kappa shape index (κ3) is 2.50. The quantitative estimate of drug-likeness (QED) is 0.583. The molecule has 3 heteroatoms. The average molecular weight is 197 g/mol. The van der Waals surface area contributed by atoms with E-state index in [0.29, 0.717) is 4.32 Å². The molecule has 1 aromatic rings. The summed E-state index contributed by atoms with van der Waals surface area (Å²) >= 11 is 6.28. The highest BCUT2D eigenvalue weighted by Crippen LogP contribution is 2.22.